The molecule has 6 nitrogen and oxygen atoms in total. The molecule has 1 aliphatic carbocycles. The number of aliphatic imine (C=N–C) groups is 1. The smallest absolute Gasteiger partial charge is 0.193 e. The fourth-order valence-electron chi connectivity index (χ4n) is 5.05. The number of rotatable bonds is 8. The molecule has 0 unspecified atom stereocenters. The average Bonchev–Trinajstić information content (AvgIpc) is 2.82. The molecule has 2 aliphatic rings. The number of methoxy groups -OCH3 is 2. The number of hydrogen-bond acceptors (Lipinski definition) is 4. The van der Waals surface area contributed by atoms with E-state index < -0.39 is 0 Å². The van der Waals surface area contributed by atoms with E-state index in [4.69, 9.17) is 19.2 Å². The van der Waals surface area contributed by atoms with Crippen LogP contribution in [0.1, 0.15) is 64.4 Å². The highest BCUT2D eigenvalue weighted by atomic mass is 16.5. The highest BCUT2D eigenvalue weighted by Gasteiger charge is 2.35. The number of guanidine groups is 1. The van der Waals surface area contributed by atoms with Crippen LogP contribution in [0.2, 0.25) is 0 Å². The van der Waals surface area contributed by atoms with Crippen LogP contribution in [0.5, 0.6) is 11.5 Å². The van der Waals surface area contributed by atoms with Crippen molar-refractivity contribution in [3.63, 3.8) is 0 Å². The molecule has 1 heterocycles. The van der Waals surface area contributed by atoms with Gasteiger partial charge in [0.25, 0.3) is 0 Å². The van der Waals surface area contributed by atoms with Crippen LogP contribution in [0.25, 0.3) is 0 Å². The van der Waals surface area contributed by atoms with Crippen LogP contribution in [0, 0.1) is 0 Å². The second kappa shape index (κ2) is 11.6. The molecule has 1 saturated heterocycles. The normalized spacial score (nSPS) is 19.9. The van der Waals surface area contributed by atoms with Crippen molar-refractivity contribution >= 4 is 5.96 Å². The Balaban J connectivity index is 1.81. The zero-order valence-corrected chi connectivity index (χ0v) is 19.9. The molecule has 6 heteroatoms. The minimum atomic E-state index is 0.0577. The van der Waals surface area contributed by atoms with Crippen molar-refractivity contribution in [3.8, 4) is 11.5 Å². The summed E-state index contributed by atoms with van der Waals surface area (Å²) in [6.45, 7) is 8.71. The van der Waals surface area contributed by atoms with Gasteiger partial charge in [-0.15, -0.1) is 0 Å². The molecule has 31 heavy (non-hydrogen) atoms. The molecular formula is C25H41N3O3. The minimum Gasteiger partial charge on any atom is -0.493 e. The van der Waals surface area contributed by atoms with Gasteiger partial charge in [0, 0.05) is 31.7 Å². The lowest BCUT2D eigenvalue weighted by Gasteiger charge is -2.38. The van der Waals surface area contributed by atoms with Crippen LogP contribution in [0.3, 0.4) is 0 Å². The van der Waals surface area contributed by atoms with Crippen LogP contribution in [0.4, 0.5) is 0 Å². The Bertz CT molecular complexity index is 708. The van der Waals surface area contributed by atoms with Gasteiger partial charge in [-0.2, -0.15) is 0 Å². The lowest BCUT2D eigenvalue weighted by atomic mass is 9.69. The summed E-state index contributed by atoms with van der Waals surface area (Å²) in [5.74, 6) is 2.63. The van der Waals surface area contributed by atoms with E-state index >= 15 is 0 Å². The van der Waals surface area contributed by atoms with Crippen LogP contribution in [-0.4, -0.2) is 64.0 Å². The molecule has 1 aromatic rings. The second-order valence-corrected chi connectivity index (χ2v) is 8.72. The zero-order valence-electron chi connectivity index (χ0n) is 19.9. The number of nitrogens with zero attached hydrogens (tertiary/aromatic N) is 2. The van der Waals surface area contributed by atoms with Crippen molar-refractivity contribution in [1.29, 1.82) is 0 Å². The van der Waals surface area contributed by atoms with Gasteiger partial charge < -0.3 is 24.4 Å². The molecule has 0 aromatic heterocycles. The number of hydrogen-bond donors (Lipinski definition) is 1. The summed E-state index contributed by atoms with van der Waals surface area (Å²) in [6.07, 6.45) is 8.67. The summed E-state index contributed by atoms with van der Waals surface area (Å²) >= 11 is 0. The molecule has 0 amide bonds. The number of nitrogens with one attached hydrogen (secondary N) is 1. The van der Waals surface area contributed by atoms with E-state index in [1.165, 1.54) is 24.8 Å². The maximum absolute atomic E-state index is 5.83. The third-order valence-electron chi connectivity index (χ3n) is 6.82. The average molecular weight is 432 g/mol. The summed E-state index contributed by atoms with van der Waals surface area (Å²) in [5, 5.41) is 3.54. The lowest BCUT2D eigenvalue weighted by molar-refractivity contribution is 0.0263. The summed E-state index contributed by atoms with van der Waals surface area (Å²) in [7, 11) is 3.40. The van der Waals surface area contributed by atoms with E-state index in [9.17, 15) is 0 Å². The third-order valence-corrected chi connectivity index (χ3v) is 6.82. The van der Waals surface area contributed by atoms with Crippen molar-refractivity contribution in [2.24, 2.45) is 4.99 Å². The van der Waals surface area contributed by atoms with Crippen LogP contribution < -0.4 is 14.8 Å². The first-order chi connectivity index (χ1) is 15.2. The zero-order chi connectivity index (χ0) is 22.1. The van der Waals surface area contributed by atoms with Gasteiger partial charge in [-0.3, -0.25) is 4.99 Å². The highest BCUT2D eigenvalue weighted by Crippen LogP contribution is 2.42. The van der Waals surface area contributed by atoms with Crippen molar-refractivity contribution in [2.45, 2.75) is 70.3 Å². The number of likely N-dealkylation sites (tertiary alicyclic amines) is 1. The van der Waals surface area contributed by atoms with E-state index in [1.54, 1.807) is 14.2 Å². The Kier molecular flexibility index (Phi) is 8.88. The Morgan fingerprint density at radius 1 is 1.06 bits per heavy atom. The fourth-order valence-corrected chi connectivity index (χ4v) is 5.05. The number of ether oxygens (including phenoxy) is 3. The Labute approximate surface area is 188 Å². The third kappa shape index (κ3) is 5.85. The first-order valence-electron chi connectivity index (χ1n) is 12.0. The van der Waals surface area contributed by atoms with E-state index in [1.807, 2.05) is 6.07 Å². The van der Waals surface area contributed by atoms with Crippen LogP contribution in [-0.2, 0) is 10.2 Å². The van der Waals surface area contributed by atoms with Crippen molar-refractivity contribution < 1.29 is 14.2 Å². The molecule has 0 spiro atoms. The molecule has 1 N–H and O–H groups in total. The summed E-state index contributed by atoms with van der Waals surface area (Å²) in [6, 6.07) is 6.42. The van der Waals surface area contributed by atoms with Gasteiger partial charge in [0.1, 0.15) is 0 Å². The molecule has 0 bridgehead atoms. The van der Waals surface area contributed by atoms with Gasteiger partial charge in [-0.05, 0) is 57.2 Å². The Morgan fingerprint density at radius 3 is 2.39 bits per heavy atom. The standard InChI is InChI=1S/C25H41N3O3/c1-5-26-24(28-16-12-21(13-17-28)31-6-2)27-19-25(14-8-7-9-15-25)20-10-11-22(29-3)23(18-20)30-4/h10-11,18,21H,5-9,12-17,19H2,1-4H3,(H,26,27). The Hall–Kier alpha value is -1.95. The van der Waals surface area contributed by atoms with Crippen molar-refractivity contribution in [2.75, 3.05) is 47.0 Å². The van der Waals surface area contributed by atoms with Gasteiger partial charge in [0.15, 0.2) is 17.5 Å². The van der Waals surface area contributed by atoms with E-state index in [0.717, 1.165) is 75.9 Å². The lowest BCUT2D eigenvalue weighted by Crippen LogP contribution is -2.47. The largest absolute Gasteiger partial charge is 0.493 e. The topological polar surface area (TPSA) is 55.3 Å². The molecule has 0 atom stereocenters. The van der Waals surface area contributed by atoms with Crippen LogP contribution >= 0.6 is 0 Å². The second-order valence-electron chi connectivity index (χ2n) is 8.72. The molecule has 2 fully saturated rings. The SMILES string of the molecule is CCNC(=NCC1(c2ccc(OC)c(OC)c2)CCCCC1)N1CCC(OCC)CC1. The molecule has 3 rings (SSSR count). The predicted molar refractivity (Wildman–Crippen MR) is 127 cm³/mol. The van der Waals surface area contributed by atoms with Gasteiger partial charge in [0.05, 0.1) is 26.9 Å². The molecule has 1 aliphatic heterocycles. The summed E-state index contributed by atoms with van der Waals surface area (Å²) in [4.78, 5) is 7.60. The Morgan fingerprint density at radius 2 is 1.77 bits per heavy atom. The number of benzene rings is 1. The van der Waals surface area contributed by atoms with Gasteiger partial charge >= 0.3 is 0 Å². The minimum absolute atomic E-state index is 0.0577. The molecule has 1 saturated carbocycles. The molecule has 174 valence electrons. The summed E-state index contributed by atoms with van der Waals surface area (Å²) in [5.41, 5.74) is 1.38. The first kappa shape index (κ1) is 23.7. The van der Waals surface area contributed by atoms with Crippen LogP contribution in [0.15, 0.2) is 23.2 Å². The molecule has 1 aromatic carbocycles. The maximum Gasteiger partial charge on any atom is 0.193 e. The van der Waals surface area contributed by atoms with Gasteiger partial charge in [0.2, 0.25) is 0 Å². The van der Waals surface area contributed by atoms with E-state index in [0.29, 0.717) is 6.10 Å². The van der Waals surface area contributed by atoms with Crippen molar-refractivity contribution in [1.82, 2.24) is 10.2 Å². The van der Waals surface area contributed by atoms with Gasteiger partial charge in [-0.1, -0.05) is 25.3 Å². The van der Waals surface area contributed by atoms with Gasteiger partial charge in [-0.25, -0.2) is 0 Å². The monoisotopic (exact) mass is 431 g/mol. The first-order valence-corrected chi connectivity index (χ1v) is 12.0. The van der Waals surface area contributed by atoms with E-state index in [2.05, 4.69) is 36.2 Å². The predicted octanol–water partition coefficient (Wildman–Crippen LogP) is 4.37. The van der Waals surface area contributed by atoms with Crippen molar-refractivity contribution in [3.05, 3.63) is 23.8 Å². The quantitative estimate of drug-likeness (QED) is 0.489. The molecule has 0 radical (unpaired) electrons. The van der Waals surface area contributed by atoms with E-state index in [-0.39, 0.29) is 5.41 Å². The highest BCUT2D eigenvalue weighted by molar-refractivity contribution is 5.80. The summed E-state index contributed by atoms with van der Waals surface area (Å²) < 4.78 is 16.9. The number of piperidine rings is 1. The fraction of sp³-hybridized carbons (Fsp3) is 0.720. The maximum atomic E-state index is 5.83. The molecular weight excluding hydrogens is 390 g/mol.